The third kappa shape index (κ3) is 8.62. The SMILES string of the molecule is CCCCc1ccc2c(c1)CCc1cc(Cc3ccccc3)ccc1C2N(C)CCOc1ccc(CC(OCC)C(=O)O)cc1. The molecule has 1 aliphatic rings. The summed E-state index contributed by atoms with van der Waals surface area (Å²) in [4.78, 5) is 13.9. The molecule has 0 saturated carbocycles. The first kappa shape index (κ1) is 32.5. The molecule has 0 amide bonds. The number of likely N-dealkylation sites (N-methyl/N-ethyl adjacent to an activating group) is 1. The Morgan fingerprint density at radius 3 is 2.13 bits per heavy atom. The number of carboxylic acid groups (broad SMARTS) is 1. The largest absolute Gasteiger partial charge is 0.492 e. The number of fused-ring (bicyclic) bond motifs is 2. The van der Waals surface area contributed by atoms with E-state index in [9.17, 15) is 9.90 Å². The van der Waals surface area contributed by atoms with E-state index >= 15 is 0 Å². The van der Waals surface area contributed by atoms with Crippen molar-refractivity contribution in [2.45, 2.75) is 70.9 Å². The summed E-state index contributed by atoms with van der Waals surface area (Å²) >= 11 is 0. The van der Waals surface area contributed by atoms with Crippen LogP contribution in [0.4, 0.5) is 0 Å². The number of unbranched alkanes of at least 4 members (excludes halogenated alkanes) is 1. The molecular formula is C40H47NO4. The molecule has 0 radical (unpaired) electrons. The predicted molar refractivity (Wildman–Crippen MR) is 181 cm³/mol. The molecule has 1 aliphatic carbocycles. The molecular weight excluding hydrogens is 558 g/mol. The van der Waals surface area contributed by atoms with Gasteiger partial charge in [0.25, 0.3) is 0 Å². The van der Waals surface area contributed by atoms with Gasteiger partial charge in [0.05, 0.1) is 6.04 Å². The third-order valence-electron chi connectivity index (χ3n) is 8.88. The van der Waals surface area contributed by atoms with Crippen molar-refractivity contribution >= 4 is 5.97 Å². The molecule has 4 aromatic rings. The van der Waals surface area contributed by atoms with Crippen molar-refractivity contribution in [2.75, 3.05) is 26.8 Å². The predicted octanol–water partition coefficient (Wildman–Crippen LogP) is 7.85. The van der Waals surface area contributed by atoms with Crippen LogP contribution in [0.25, 0.3) is 0 Å². The summed E-state index contributed by atoms with van der Waals surface area (Å²) in [5.41, 5.74) is 10.7. The van der Waals surface area contributed by atoms with Crippen LogP contribution in [-0.2, 0) is 41.6 Å². The molecule has 0 heterocycles. The molecule has 0 fully saturated rings. The summed E-state index contributed by atoms with van der Waals surface area (Å²) in [6.07, 6.45) is 6.09. The number of aliphatic carboxylic acids is 1. The Hall–Kier alpha value is -3.93. The van der Waals surface area contributed by atoms with Gasteiger partial charge in [0.15, 0.2) is 6.10 Å². The number of hydrogen-bond acceptors (Lipinski definition) is 4. The Bertz CT molecular complexity index is 1530. The number of hydrogen-bond donors (Lipinski definition) is 1. The number of rotatable bonds is 15. The topological polar surface area (TPSA) is 59.0 Å². The molecule has 236 valence electrons. The Kier molecular flexibility index (Phi) is 11.5. The van der Waals surface area contributed by atoms with Crippen LogP contribution >= 0.6 is 0 Å². The molecule has 0 bridgehead atoms. The van der Waals surface area contributed by atoms with Gasteiger partial charge in [-0.05, 0) is 103 Å². The summed E-state index contributed by atoms with van der Waals surface area (Å²) in [5.74, 6) is -0.158. The Labute approximate surface area is 268 Å². The number of carbonyl (C=O) groups is 1. The molecule has 5 rings (SSSR count). The van der Waals surface area contributed by atoms with Gasteiger partial charge >= 0.3 is 5.97 Å². The van der Waals surface area contributed by atoms with Gasteiger partial charge in [-0.1, -0.05) is 92.2 Å². The van der Waals surface area contributed by atoms with Crippen molar-refractivity contribution < 1.29 is 19.4 Å². The molecule has 0 aliphatic heterocycles. The lowest BCUT2D eigenvalue weighted by Gasteiger charge is -2.31. The highest BCUT2D eigenvalue weighted by atomic mass is 16.5. The fourth-order valence-corrected chi connectivity index (χ4v) is 6.47. The first-order valence-electron chi connectivity index (χ1n) is 16.5. The van der Waals surface area contributed by atoms with Gasteiger partial charge in [-0.15, -0.1) is 0 Å². The summed E-state index contributed by atoms with van der Waals surface area (Å²) in [6, 6.07) is 32.8. The second-order valence-electron chi connectivity index (χ2n) is 12.2. The van der Waals surface area contributed by atoms with E-state index in [4.69, 9.17) is 9.47 Å². The number of benzene rings is 4. The third-order valence-corrected chi connectivity index (χ3v) is 8.88. The van der Waals surface area contributed by atoms with Gasteiger partial charge in [0.1, 0.15) is 12.4 Å². The van der Waals surface area contributed by atoms with Crippen molar-refractivity contribution in [3.63, 3.8) is 0 Å². The Morgan fingerprint density at radius 2 is 1.49 bits per heavy atom. The summed E-state index contributed by atoms with van der Waals surface area (Å²) in [7, 11) is 2.21. The van der Waals surface area contributed by atoms with Gasteiger partial charge in [-0.2, -0.15) is 0 Å². The zero-order valence-corrected chi connectivity index (χ0v) is 27.0. The van der Waals surface area contributed by atoms with Crippen LogP contribution in [0.1, 0.15) is 77.2 Å². The summed E-state index contributed by atoms with van der Waals surface area (Å²) in [5, 5.41) is 9.40. The number of nitrogens with zero attached hydrogens (tertiary/aromatic N) is 1. The van der Waals surface area contributed by atoms with Crippen LogP contribution in [0, 0.1) is 0 Å². The van der Waals surface area contributed by atoms with E-state index in [0.29, 0.717) is 19.6 Å². The minimum atomic E-state index is -0.938. The van der Waals surface area contributed by atoms with Crippen molar-refractivity contribution in [3.05, 3.63) is 136 Å². The highest BCUT2D eigenvalue weighted by Crippen LogP contribution is 2.37. The molecule has 5 nitrogen and oxygen atoms in total. The molecule has 4 aromatic carbocycles. The molecule has 2 atom stereocenters. The second kappa shape index (κ2) is 15.9. The Balaban J connectivity index is 1.32. The van der Waals surface area contributed by atoms with Crippen LogP contribution < -0.4 is 4.74 Å². The number of carboxylic acids is 1. The van der Waals surface area contributed by atoms with E-state index in [1.807, 2.05) is 31.2 Å². The zero-order valence-electron chi connectivity index (χ0n) is 27.0. The van der Waals surface area contributed by atoms with Gasteiger partial charge in [0, 0.05) is 19.6 Å². The van der Waals surface area contributed by atoms with Gasteiger partial charge < -0.3 is 14.6 Å². The maximum Gasteiger partial charge on any atom is 0.333 e. The van der Waals surface area contributed by atoms with Crippen molar-refractivity contribution in [1.29, 1.82) is 0 Å². The molecule has 0 spiro atoms. The first-order chi connectivity index (χ1) is 21.9. The molecule has 0 saturated heterocycles. The summed E-state index contributed by atoms with van der Waals surface area (Å²) < 4.78 is 11.6. The first-order valence-corrected chi connectivity index (χ1v) is 16.5. The fourth-order valence-electron chi connectivity index (χ4n) is 6.47. The molecule has 0 aromatic heterocycles. The average molecular weight is 606 g/mol. The maximum absolute atomic E-state index is 11.5. The number of ether oxygens (including phenoxy) is 2. The van der Waals surface area contributed by atoms with E-state index in [-0.39, 0.29) is 6.04 Å². The lowest BCUT2D eigenvalue weighted by Crippen LogP contribution is -2.30. The van der Waals surface area contributed by atoms with Gasteiger partial charge in [-0.3, -0.25) is 4.90 Å². The van der Waals surface area contributed by atoms with Crippen molar-refractivity contribution in [2.24, 2.45) is 0 Å². The fraction of sp³-hybridized carbons (Fsp3) is 0.375. The van der Waals surface area contributed by atoms with Crippen molar-refractivity contribution in [3.8, 4) is 5.75 Å². The Morgan fingerprint density at radius 1 is 0.844 bits per heavy atom. The van der Waals surface area contributed by atoms with Crippen molar-refractivity contribution in [1.82, 2.24) is 4.90 Å². The van der Waals surface area contributed by atoms with E-state index in [1.165, 1.54) is 51.8 Å². The van der Waals surface area contributed by atoms with Crippen LogP contribution in [0.3, 0.4) is 0 Å². The molecule has 1 N–H and O–H groups in total. The van der Waals surface area contributed by atoms with E-state index < -0.39 is 12.1 Å². The van der Waals surface area contributed by atoms with Gasteiger partial charge in [-0.25, -0.2) is 4.79 Å². The average Bonchev–Trinajstić information content (AvgIpc) is 3.21. The second-order valence-corrected chi connectivity index (χ2v) is 12.2. The quantitative estimate of drug-likeness (QED) is 0.150. The van der Waals surface area contributed by atoms with Crippen LogP contribution in [0.2, 0.25) is 0 Å². The van der Waals surface area contributed by atoms with Crippen LogP contribution in [0.15, 0.2) is 91.0 Å². The highest BCUT2D eigenvalue weighted by molar-refractivity contribution is 5.72. The monoisotopic (exact) mass is 605 g/mol. The molecule has 45 heavy (non-hydrogen) atoms. The zero-order chi connectivity index (χ0) is 31.6. The number of aryl methyl sites for hydroxylation is 3. The standard InChI is InChI=1S/C40H47NO4/c1-4-6-10-30-15-21-36-33(26-30)17-18-34-27-32(25-29-11-8-7-9-12-29)16-22-37(34)39(36)41(3)23-24-45-35-19-13-31(14-20-35)28-38(40(42)43)44-5-2/h7-9,11-16,19-22,26-27,38-39H,4-6,10,17-18,23-25,28H2,1-3H3,(H,42,43). The van der Waals surface area contributed by atoms with E-state index in [2.05, 4.69) is 85.6 Å². The normalized spacial score (nSPS) is 14.8. The highest BCUT2D eigenvalue weighted by Gasteiger charge is 2.27. The summed E-state index contributed by atoms with van der Waals surface area (Å²) in [6.45, 7) is 5.75. The molecule has 5 heteroatoms. The van der Waals surface area contributed by atoms with E-state index in [0.717, 1.165) is 43.5 Å². The van der Waals surface area contributed by atoms with E-state index in [1.54, 1.807) is 0 Å². The van der Waals surface area contributed by atoms with Crippen LogP contribution in [-0.4, -0.2) is 48.9 Å². The minimum Gasteiger partial charge on any atom is -0.492 e. The smallest absolute Gasteiger partial charge is 0.333 e. The van der Waals surface area contributed by atoms with Crippen LogP contribution in [0.5, 0.6) is 5.75 Å². The lowest BCUT2D eigenvalue weighted by atomic mass is 9.90. The minimum absolute atomic E-state index is 0.154. The maximum atomic E-state index is 11.5. The van der Waals surface area contributed by atoms with Gasteiger partial charge in [0.2, 0.25) is 0 Å². The lowest BCUT2D eigenvalue weighted by molar-refractivity contribution is -0.149. The molecule has 2 unspecified atom stereocenters.